The van der Waals surface area contributed by atoms with Crippen LogP contribution in [0, 0.1) is 5.41 Å². The Morgan fingerprint density at radius 1 is 1.21 bits per heavy atom. The molecular weight excluding hydrogens is 420 g/mol. The number of rotatable bonds is 4. The highest BCUT2D eigenvalue weighted by atomic mass is 79.9. The summed E-state index contributed by atoms with van der Waals surface area (Å²) in [5.74, 6) is -0.206. The van der Waals surface area contributed by atoms with Gasteiger partial charge in [-0.2, -0.15) is 0 Å². The van der Waals surface area contributed by atoms with E-state index in [0.717, 1.165) is 21.2 Å². The second-order valence-corrected chi connectivity index (χ2v) is 9.09. The fraction of sp³-hybridized carbons (Fsp3) is 0.381. The summed E-state index contributed by atoms with van der Waals surface area (Å²) < 4.78 is 2.62. The number of nitrogens with one attached hydrogen (secondary N) is 2. The molecule has 1 aromatic carbocycles. The van der Waals surface area contributed by atoms with Crippen LogP contribution in [0.3, 0.4) is 0 Å². The number of benzene rings is 1. The van der Waals surface area contributed by atoms with Crippen LogP contribution in [0.15, 0.2) is 45.8 Å². The lowest BCUT2D eigenvalue weighted by molar-refractivity contribution is 0.0939. The first-order valence-electron chi connectivity index (χ1n) is 9.24. The number of halogens is 1. The van der Waals surface area contributed by atoms with Gasteiger partial charge >= 0.3 is 5.69 Å². The Morgan fingerprint density at radius 2 is 1.93 bits per heavy atom. The molecule has 0 bridgehead atoms. The zero-order valence-corrected chi connectivity index (χ0v) is 18.3. The number of H-pyrrole nitrogens is 1. The lowest BCUT2D eigenvalue weighted by Crippen LogP contribution is -2.29. The number of carbonyl (C=O) groups excluding carboxylic acids is 1. The van der Waals surface area contributed by atoms with Crippen molar-refractivity contribution in [2.45, 2.75) is 46.7 Å². The van der Waals surface area contributed by atoms with E-state index >= 15 is 0 Å². The molecule has 0 aliphatic rings. The van der Waals surface area contributed by atoms with Gasteiger partial charge < -0.3 is 10.3 Å². The van der Waals surface area contributed by atoms with Crippen molar-refractivity contribution < 1.29 is 4.79 Å². The van der Waals surface area contributed by atoms with E-state index in [0.29, 0.717) is 5.56 Å². The van der Waals surface area contributed by atoms with E-state index in [1.165, 1.54) is 0 Å². The van der Waals surface area contributed by atoms with Crippen molar-refractivity contribution in [1.82, 2.24) is 19.9 Å². The molecule has 1 amide bonds. The molecule has 0 aliphatic carbocycles. The van der Waals surface area contributed by atoms with Crippen LogP contribution in [0.5, 0.6) is 0 Å². The van der Waals surface area contributed by atoms with Crippen molar-refractivity contribution in [3.63, 3.8) is 0 Å². The molecule has 148 valence electrons. The van der Waals surface area contributed by atoms with Gasteiger partial charge in [0.25, 0.3) is 5.91 Å². The Hall–Kier alpha value is -2.41. The summed E-state index contributed by atoms with van der Waals surface area (Å²) in [5.41, 5.74) is 2.47. The van der Waals surface area contributed by atoms with Crippen LogP contribution >= 0.6 is 15.9 Å². The molecule has 7 heteroatoms. The molecule has 3 aromatic rings. The van der Waals surface area contributed by atoms with Crippen molar-refractivity contribution in [3.05, 3.63) is 62.7 Å². The van der Waals surface area contributed by atoms with Crippen LogP contribution in [-0.2, 0) is 0 Å². The quantitative estimate of drug-likeness (QED) is 0.617. The van der Waals surface area contributed by atoms with Gasteiger partial charge in [-0.25, -0.2) is 4.79 Å². The number of aromatic amines is 1. The van der Waals surface area contributed by atoms with Crippen molar-refractivity contribution >= 4 is 32.9 Å². The van der Waals surface area contributed by atoms with Gasteiger partial charge in [-0.3, -0.25) is 14.3 Å². The van der Waals surface area contributed by atoms with Crippen LogP contribution in [0.2, 0.25) is 0 Å². The van der Waals surface area contributed by atoms with E-state index < -0.39 is 0 Å². The SMILES string of the molecule is C[C@H](NC(=O)c1ccc2[nH]c(=O)n([C@H](C)C(C)(C)C)c2c1)c1ccc(Br)cn1. The third-order valence-corrected chi connectivity index (χ3v) is 5.63. The van der Waals surface area contributed by atoms with Gasteiger partial charge in [0.2, 0.25) is 0 Å². The maximum absolute atomic E-state index is 12.8. The summed E-state index contributed by atoms with van der Waals surface area (Å²) in [7, 11) is 0. The van der Waals surface area contributed by atoms with Crippen LogP contribution in [-0.4, -0.2) is 20.4 Å². The van der Waals surface area contributed by atoms with E-state index in [1.807, 2.05) is 26.0 Å². The largest absolute Gasteiger partial charge is 0.344 e. The lowest BCUT2D eigenvalue weighted by atomic mass is 9.88. The molecule has 0 aliphatic heterocycles. The molecular formula is C21H25BrN4O2. The van der Waals surface area contributed by atoms with Crippen LogP contribution < -0.4 is 11.0 Å². The number of fused-ring (bicyclic) bond motifs is 1. The molecule has 3 rings (SSSR count). The number of carbonyl (C=O) groups is 1. The minimum atomic E-state index is -0.238. The van der Waals surface area contributed by atoms with Crippen LogP contribution in [0.25, 0.3) is 11.0 Å². The number of amides is 1. The van der Waals surface area contributed by atoms with Gasteiger partial charge in [-0.15, -0.1) is 0 Å². The highest BCUT2D eigenvalue weighted by Gasteiger charge is 2.25. The fourth-order valence-corrected chi connectivity index (χ4v) is 3.27. The fourth-order valence-electron chi connectivity index (χ4n) is 3.03. The predicted octanol–water partition coefficient (Wildman–Crippen LogP) is 4.59. The van der Waals surface area contributed by atoms with Gasteiger partial charge in [0.1, 0.15) is 0 Å². The lowest BCUT2D eigenvalue weighted by Gasteiger charge is -2.28. The molecule has 0 saturated carbocycles. The maximum atomic E-state index is 12.8. The molecule has 0 unspecified atom stereocenters. The summed E-state index contributed by atoms with van der Waals surface area (Å²) in [6.45, 7) is 10.2. The van der Waals surface area contributed by atoms with Gasteiger partial charge in [0, 0.05) is 22.3 Å². The highest BCUT2D eigenvalue weighted by Crippen LogP contribution is 2.31. The van der Waals surface area contributed by atoms with Gasteiger partial charge in [0.15, 0.2) is 0 Å². The van der Waals surface area contributed by atoms with Crippen LogP contribution in [0.1, 0.15) is 62.8 Å². The topological polar surface area (TPSA) is 79.8 Å². The van der Waals surface area contributed by atoms with Crippen molar-refractivity contribution in [2.75, 3.05) is 0 Å². The molecule has 2 heterocycles. The number of hydrogen-bond acceptors (Lipinski definition) is 3. The van der Waals surface area contributed by atoms with E-state index in [4.69, 9.17) is 0 Å². The average Bonchev–Trinajstić information content (AvgIpc) is 2.95. The first kappa shape index (κ1) is 20.3. The maximum Gasteiger partial charge on any atom is 0.326 e. The Balaban J connectivity index is 1.92. The first-order chi connectivity index (χ1) is 13.1. The van der Waals surface area contributed by atoms with E-state index in [-0.39, 0.29) is 29.1 Å². The monoisotopic (exact) mass is 444 g/mol. The molecule has 0 fully saturated rings. The number of nitrogens with zero attached hydrogens (tertiary/aromatic N) is 2. The third-order valence-electron chi connectivity index (χ3n) is 5.16. The Labute approximate surface area is 172 Å². The number of imidazole rings is 1. The molecule has 0 spiro atoms. The zero-order valence-electron chi connectivity index (χ0n) is 16.7. The first-order valence-corrected chi connectivity index (χ1v) is 10.0. The number of aromatic nitrogens is 3. The van der Waals surface area contributed by atoms with Crippen molar-refractivity contribution in [2.24, 2.45) is 5.41 Å². The standard InChI is InChI=1S/C21H25BrN4O2/c1-12(16-9-7-15(22)11-23-16)24-19(27)14-6-8-17-18(10-14)26(20(28)25-17)13(2)21(3,4)5/h6-13H,1-5H3,(H,24,27)(H,25,28)/t12-,13+/m0/s1. The van der Waals surface area contributed by atoms with E-state index in [1.54, 1.807) is 29.0 Å². The Morgan fingerprint density at radius 3 is 2.54 bits per heavy atom. The summed E-state index contributed by atoms with van der Waals surface area (Å²) in [6, 6.07) is 8.76. The minimum absolute atomic E-state index is 0.0297. The smallest absolute Gasteiger partial charge is 0.326 e. The predicted molar refractivity (Wildman–Crippen MR) is 115 cm³/mol. The third kappa shape index (κ3) is 4.04. The second kappa shape index (κ2) is 7.54. The highest BCUT2D eigenvalue weighted by molar-refractivity contribution is 9.10. The zero-order chi connectivity index (χ0) is 20.6. The molecule has 6 nitrogen and oxygen atoms in total. The average molecular weight is 445 g/mol. The minimum Gasteiger partial charge on any atom is -0.344 e. The summed E-state index contributed by atoms with van der Waals surface area (Å²) >= 11 is 3.36. The van der Waals surface area contributed by atoms with Crippen molar-refractivity contribution in [3.8, 4) is 0 Å². The summed E-state index contributed by atoms with van der Waals surface area (Å²) in [5, 5.41) is 2.97. The summed E-state index contributed by atoms with van der Waals surface area (Å²) in [4.78, 5) is 32.5. The van der Waals surface area contributed by atoms with E-state index in [9.17, 15) is 9.59 Å². The van der Waals surface area contributed by atoms with E-state index in [2.05, 4.69) is 52.0 Å². The molecule has 2 N–H and O–H groups in total. The molecule has 28 heavy (non-hydrogen) atoms. The Kier molecular flexibility index (Phi) is 5.48. The van der Waals surface area contributed by atoms with Gasteiger partial charge in [-0.1, -0.05) is 20.8 Å². The molecule has 0 saturated heterocycles. The summed E-state index contributed by atoms with van der Waals surface area (Å²) in [6.07, 6.45) is 1.70. The van der Waals surface area contributed by atoms with Crippen LogP contribution in [0.4, 0.5) is 0 Å². The molecule has 0 radical (unpaired) electrons. The van der Waals surface area contributed by atoms with Gasteiger partial charge in [-0.05, 0) is 65.5 Å². The number of pyridine rings is 1. The second-order valence-electron chi connectivity index (χ2n) is 8.17. The molecule has 2 atom stereocenters. The normalized spacial score (nSPS) is 14.1. The number of hydrogen-bond donors (Lipinski definition) is 2. The Bertz CT molecular complexity index is 1060. The molecule has 2 aromatic heterocycles. The van der Waals surface area contributed by atoms with Gasteiger partial charge in [0.05, 0.1) is 22.8 Å². The van der Waals surface area contributed by atoms with Crippen molar-refractivity contribution in [1.29, 1.82) is 0 Å².